The average Bonchev–Trinajstić information content (AvgIpc) is 3.16. The number of esters is 1. The van der Waals surface area contributed by atoms with E-state index in [-0.39, 0.29) is 12.1 Å². The van der Waals surface area contributed by atoms with Crippen molar-refractivity contribution in [3.63, 3.8) is 0 Å². The quantitative estimate of drug-likeness (QED) is 0.0564. The highest BCUT2D eigenvalue weighted by Gasteiger charge is 2.48. The average molecular weight is 677 g/mol. The molecule has 0 aliphatic carbocycles. The number of hydrogen-bond acceptors (Lipinski definition) is 7. The summed E-state index contributed by atoms with van der Waals surface area (Å²) in [4.78, 5) is 11.7. The first-order valence-electron chi connectivity index (χ1n) is 17.4. The Kier molecular flexibility index (Phi) is 15.5. The molecule has 7 nitrogen and oxygen atoms in total. The van der Waals surface area contributed by atoms with E-state index in [0.717, 1.165) is 22.3 Å². The molecule has 1 aliphatic heterocycles. The van der Waals surface area contributed by atoms with E-state index in [0.29, 0.717) is 52.5 Å². The van der Waals surface area contributed by atoms with Crippen molar-refractivity contribution in [2.75, 3.05) is 13.2 Å². The summed E-state index contributed by atoms with van der Waals surface area (Å²) in [6.07, 6.45) is 6.24. The Balaban J connectivity index is 1.41. The maximum absolute atomic E-state index is 11.7. The Morgan fingerprint density at radius 2 is 1.06 bits per heavy atom. The van der Waals surface area contributed by atoms with Crippen LogP contribution in [0.25, 0.3) is 0 Å². The lowest BCUT2D eigenvalue weighted by Gasteiger charge is -2.46. The number of hydrogen-bond donors (Lipinski definition) is 0. The van der Waals surface area contributed by atoms with Gasteiger partial charge in [-0.1, -0.05) is 140 Å². The summed E-state index contributed by atoms with van der Waals surface area (Å²) in [6, 6.07) is 40.5. The van der Waals surface area contributed by atoms with E-state index in [1.807, 2.05) is 84.9 Å². The lowest BCUT2D eigenvalue weighted by molar-refractivity contribution is -0.273. The van der Waals surface area contributed by atoms with E-state index in [9.17, 15) is 4.79 Å². The van der Waals surface area contributed by atoms with Gasteiger partial charge in [0.15, 0.2) is 0 Å². The van der Waals surface area contributed by atoms with E-state index in [4.69, 9.17) is 28.4 Å². The van der Waals surface area contributed by atoms with Gasteiger partial charge in [-0.05, 0) is 42.0 Å². The molecular formula is C43H48O7. The van der Waals surface area contributed by atoms with Gasteiger partial charge >= 0.3 is 5.97 Å². The molecular weight excluding hydrogens is 628 g/mol. The molecule has 7 heteroatoms. The number of carbonyl (C=O) groups is 1. The summed E-state index contributed by atoms with van der Waals surface area (Å²) in [5.41, 5.74) is 4.27. The van der Waals surface area contributed by atoms with Crippen LogP contribution in [0.4, 0.5) is 0 Å². The van der Waals surface area contributed by atoms with Crippen molar-refractivity contribution >= 4 is 5.97 Å². The first-order chi connectivity index (χ1) is 24.7. The second kappa shape index (κ2) is 21.0. The van der Waals surface area contributed by atoms with Crippen LogP contribution in [0.3, 0.4) is 0 Å². The molecule has 1 aliphatic rings. The monoisotopic (exact) mass is 676 g/mol. The summed E-state index contributed by atoms with van der Waals surface area (Å²) in [6.45, 7) is 4.09. The van der Waals surface area contributed by atoms with Crippen molar-refractivity contribution in [3.05, 3.63) is 168 Å². The minimum Gasteiger partial charge on any atom is -0.463 e. The molecule has 0 saturated carbocycles. The second-order valence-corrected chi connectivity index (χ2v) is 12.1. The molecule has 1 heterocycles. The van der Waals surface area contributed by atoms with Crippen molar-refractivity contribution in [3.8, 4) is 0 Å². The maximum atomic E-state index is 11.7. The fourth-order valence-corrected chi connectivity index (χ4v) is 5.88. The van der Waals surface area contributed by atoms with E-state index in [1.165, 1.54) is 6.08 Å². The van der Waals surface area contributed by atoms with Crippen molar-refractivity contribution in [1.29, 1.82) is 0 Å². The smallest absolute Gasteiger partial charge is 0.330 e. The standard InChI is InChI=1S/C43H48O7/c1-2-46-40(44)28-18-4-3-17-27-38-41(47-30-35-21-11-6-12-22-35)43(49-32-37-25-15-8-16-26-37)42(48-31-36-23-13-7-14-24-36)39(50-38)33-45-29-34-19-9-5-10-20-34/h3-16,18-26,28,38-39,41-43H,2,17,27,29-33H2,1H3/b4-3+,28-18+/t38-,39-,41+,42-,43-/m1/s1. The molecule has 1 fully saturated rings. The predicted molar refractivity (Wildman–Crippen MR) is 194 cm³/mol. The van der Waals surface area contributed by atoms with E-state index >= 15 is 0 Å². The molecule has 0 aromatic heterocycles. The molecule has 4 aromatic rings. The van der Waals surface area contributed by atoms with Gasteiger partial charge in [0.1, 0.15) is 24.4 Å². The number of benzene rings is 4. The molecule has 5 atom stereocenters. The van der Waals surface area contributed by atoms with E-state index in [2.05, 4.69) is 48.5 Å². The molecule has 0 N–H and O–H groups in total. The maximum Gasteiger partial charge on any atom is 0.330 e. The van der Waals surface area contributed by atoms with Crippen LogP contribution in [0.15, 0.2) is 146 Å². The lowest BCUT2D eigenvalue weighted by Crippen LogP contribution is -2.61. The zero-order valence-corrected chi connectivity index (χ0v) is 28.8. The summed E-state index contributed by atoms with van der Waals surface area (Å²) in [5, 5.41) is 0. The molecule has 0 spiro atoms. The lowest BCUT2D eigenvalue weighted by atomic mass is 9.91. The Labute approximate surface area is 296 Å². The van der Waals surface area contributed by atoms with Crippen LogP contribution in [0.1, 0.15) is 42.0 Å². The van der Waals surface area contributed by atoms with Gasteiger partial charge in [-0.2, -0.15) is 0 Å². The highest BCUT2D eigenvalue weighted by molar-refractivity contribution is 5.82. The first kappa shape index (κ1) is 36.9. The largest absolute Gasteiger partial charge is 0.463 e. The van der Waals surface area contributed by atoms with Crippen molar-refractivity contribution < 1.29 is 33.2 Å². The van der Waals surface area contributed by atoms with Gasteiger partial charge < -0.3 is 28.4 Å². The zero-order chi connectivity index (χ0) is 34.6. The molecule has 0 unspecified atom stereocenters. The van der Waals surface area contributed by atoms with Crippen molar-refractivity contribution in [2.24, 2.45) is 0 Å². The van der Waals surface area contributed by atoms with Gasteiger partial charge in [0, 0.05) is 6.08 Å². The zero-order valence-electron chi connectivity index (χ0n) is 28.8. The first-order valence-corrected chi connectivity index (χ1v) is 17.4. The SMILES string of the molecule is CCOC(=O)/C=C/C=C/CC[C@H]1O[C@H](COCc2ccccc2)[C@@H](OCc2ccccc2)[C@H](OCc2ccccc2)[C@H]1OCc1ccccc1. The second-order valence-electron chi connectivity index (χ2n) is 12.1. The van der Waals surface area contributed by atoms with Crippen molar-refractivity contribution in [1.82, 2.24) is 0 Å². The summed E-state index contributed by atoms with van der Waals surface area (Å²) >= 11 is 0. The molecule has 0 bridgehead atoms. The Morgan fingerprint density at radius 3 is 1.56 bits per heavy atom. The number of rotatable bonds is 19. The van der Waals surface area contributed by atoms with Crippen LogP contribution in [0.2, 0.25) is 0 Å². The normalized spacial score (nSPS) is 20.7. The number of ether oxygens (including phenoxy) is 6. The molecule has 50 heavy (non-hydrogen) atoms. The Hall–Kier alpha value is -4.37. The number of carbonyl (C=O) groups excluding carboxylic acids is 1. The van der Waals surface area contributed by atoms with Crippen LogP contribution < -0.4 is 0 Å². The van der Waals surface area contributed by atoms with Crippen LogP contribution >= 0.6 is 0 Å². The highest BCUT2D eigenvalue weighted by Crippen LogP contribution is 2.33. The fraction of sp³-hybridized carbons (Fsp3) is 0.326. The minimum absolute atomic E-state index is 0.319. The minimum atomic E-state index is -0.477. The summed E-state index contributed by atoms with van der Waals surface area (Å²) in [5.74, 6) is -0.361. The highest BCUT2D eigenvalue weighted by atomic mass is 16.6. The van der Waals surface area contributed by atoms with Gasteiger partial charge in [-0.25, -0.2) is 4.79 Å². The molecule has 0 radical (unpaired) electrons. The summed E-state index contributed by atoms with van der Waals surface area (Å²) < 4.78 is 38.5. The Morgan fingerprint density at radius 1 is 0.600 bits per heavy atom. The third-order valence-electron chi connectivity index (χ3n) is 8.36. The number of allylic oxidation sites excluding steroid dienone is 3. The van der Waals surface area contributed by atoms with Gasteiger partial charge in [0.05, 0.1) is 45.7 Å². The van der Waals surface area contributed by atoms with Gasteiger partial charge in [0.2, 0.25) is 0 Å². The fourth-order valence-electron chi connectivity index (χ4n) is 5.88. The van der Waals surface area contributed by atoms with Crippen molar-refractivity contribution in [2.45, 2.75) is 76.7 Å². The molecule has 1 saturated heterocycles. The van der Waals surface area contributed by atoms with Crippen LogP contribution in [0.5, 0.6) is 0 Å². The van der Waals surface area contributed by atoms with E-state index in [1.54, 1.807) is 13.0 Å². The van der Waals surface area contributed by atoms with Crippen LogP contribution in [-0.2, 0) is 59.6 Å². The van der Waals surface area contributed by atoms with E-state index < -0.39 is 24.4 Å². The van der Waals surface area contributed by atoms with Gasteiger partial charge in [-0.15, -0.1) is 0 Å². The third kappa shape index (κ3) is 12.2. The van der Waals surface area contributed by atoms with Crippen LogP contribution in [0, 0.1) is 0 Å². The predicted octanol–water partition coefficient (Wildman–Crippen LogP) is 8.18. The van der Waals surface area contributed by atoms with Crippen LogP contribution in [-0.4, -0.2) is 49.7 Å². The third-order valence-corrected chi connectivity index (χ3v) is 8.36. The molecule has 5 rings (SSSR count). The molecule has 262 valence electrons. The Bertz CT molecular complexity index is 1560. The molecule has 4 aromatic carbocycles. The van der Waals surface area contributed by atoms with Gasteiger partial charge in [-0.3, -0.25) is 0 Å². The summed E-state index contributed by atoms with van der Waals surface area (Å²) in [7, 11) is 0. The topological polar surface area (TPSA) is 72.5 Å². The van der Waals surface area contributed by atoms with Gasteiger partial charge in [0.25, 0.3) is 0 Å². The molecule has 0 amide bonds.